The van der Waals surface area contributed by atoms with Crippen molar-refractivity contribution in [2.75, 3.05) is 18.2 Å². The molecule has 0 spiro atoms. The third kappa shape index (κ3) is 3.17. The molecule has 0 fully saturated rings. The van der Waals surface area contributed by atoms with Gasteiger partial charge in [0.1, 0.15) is 12.0 Å². The quantitative estimate of drug-likeness (QED) is 0.875. The van der Waals surface area contributed by atoms with Crippen molar-refractivity contribution >= 4 is 11.5 Å². The van der Waals surface area contributed by atoms with E-state index in [4.69, 9.17) is 10.5 Å². The van der Waals surface area contributed by atoms with Crippen LogP contribution in [0, 0.1) is 0 Å². The largest absolute Gasteiger partial charge is 0.479 e. The van der Waals surface area contributed by atoms with Crippen LogP contribution in [0.3, 0.4) is 0 Å². The SMILES string of the molecule is COc1ncnc(NCc2ccc(C(C)C)cc2)c1N. The monoisotopic (exact) mass is 272 g/mol. The molecule has 106 valence electrons. The van der Waals surface area contributed by atoms with Gasteiger partial charge in [0, 0.05) is 6.54 Å². The second kappa shape index (κ2) is 6.23. The molecule has 3 N–H and O–H groups in total. The summed E-state index contributed by atoms with van der Waals surface area (Å²) in [4.78, 5) is 8.07. The summed E-state index contributed by atoms with van der Waals surface area (Å²) in [5, 5.41) is 3.20. The summed E-state index contributed by atoms with van der Waals surface area (Å²) in [6.07, 6.45) is 1.43. The fraction of sp³-hybridized carbons (Fsp3) is 0.333. The highest BCUT2D eigenvalue weighted by molar-refractivity contribution is 5.66. The Morgan fingerprint density at radius 3 is 2.50 bits per heavy atom. The predicted octanol–water partition coefficient (Wildman–Crippen LogP) is 2.80. The Morgan fingerprint density at radius 2 is 1.90 bits per heavy atom. The molecule has 1 aromatic heterocycles. The third-order valence-corrected chi connectivity index (χ3v) is 3.15. The lowest BCUT2D eigenvalue weighted by Crippen LogP contribution is -2.07. The second-order valence-electron chi connectivity index (χ2n) is 4.90. The first kappa shape index (κ1) is 14.1. The number of anilines is 2. The summed E-state index contributed by atoms with van der Waals surface area (Å²) in [7, 11) is 1.53. The molecule has 0 aliphatic heterocycles. The lowest BCUT2D eigenvalue weighted by molar-refractivity contribution is 0.399. The van der Waals surface area contributed by atoms with Crippen molar-refractivity contribution in [3.05, 3.63) is 41.7 Å². The fourth-order valence-corrected chi connectivity index (χ4v) is 1.89. The van der Waals surface area contributed by atoms with Crippen LogP contribution in [-0.4, -0.2) is 17.1 Å². The van der Waals surface area contributed by atoms with E-state index in [0.29, 0.717) is 29.8 Å². The van der Waals surface area contributed by atoms with Crippen LogP contribution in [0.1, 0.15) is 30.9 Å². The summed E-state index contributed by atoms with van der Waals surface area (Å²) in [6.45, 7) is 5.02. The molecule has 0 aliphatic rings. The van der Waals surface area contributed by atoms with Gasteiger partial charge < -0.3 is 15.8 Å². The van der Waals surface area contributed by atoms with Gasteiger partial charge in [0.05, 0.1) is 7.11 Å². The molecule has 0 aliphatic carbocycles. The molecule has 2 aromatic rings. The molecule has 0 unspecified atom stereocenters. The van der Waals surface area contributed by atoms with Gasteiger partial charge in [0.25, 0.3) is 0 Å². The van der Waals surface area contributed by atoms with Gasteiger partial charge in [-0.2, -0.15) is 4.98 Å². The molecule has 0 saturated heterocycles. The Kier molecular flexibility index (Phi) is 4.40. The topological polar surface area (TPSA) is 73.1 Å². The van der Waals surface area contributed by atoms with Gasteiger partial charge in [-0.1, -0.05) is 38.1 Å². The summed E-state index contributed by atoms with van der Waals surface area (Å²) in [6, 6.07) is 8.51. The molecule has 1 heterocycles. The van der Waals surface area contributed by atoms with Crippen molar-refractivity contribution in [1.82, 2.24) is 9.97 Å². The standard InChI is InChI=1S/C15H20N4O/c1-10(2)12-6-4-11(5-7-12)8-17-14-13(16)15(20-3)19-9-18-14/h4-7,9-10H,8,16H2,1-3H3,(H,17,18,19). The fourth-order valence-electron chi connectivity index (χ4n) is 1.89. The Balaban J connectivity index is 2.05. The number of ether oxygens (including phenoxy) is 1. The number of nitrogens with one attached hydrogen (secondary N) is 1. The molecule has 1 aromatic carbocycles. The Bertz CT molecular complexity index is 567. The van der Waals surface area contributed by atoms with E-state index < -0.39 is 0 Å². The summed E-state index contributed by atoms with van der Waals surface area (Å²) >= 11 is 0. The Hall–Kier alpha value is -2.30. The van der Waals surface area contributed by atoms with Crippen LogP contribution in [0.2, 0.25) is 0 Å². The van der Waals surface area contributed by atoms with Crippen molar-refractivity contribution in [1.29, 1.82) is 0 Å². The van der Waals surface area contributed by atoms with Crippen LogP contribution >= 0.6 is 0 Å². The molecule has 5 nitrogen and oxygen atoms in total. The van der Waals surface area contributed by atoms with Crippen molar-refractivity contribution in [3.8, 4) is 5.88 Å². The van der Waals surface area contributed by atoms with E-state index in [0.717, 1.165) is 0 Å². The molecule has 5 heteroatoms. The highest BCUT2D eigenvalue weighted by Crippen LogP contribution is 2.24. The van der Waals surface area contributed by atoms with Gasteiger partial charge in [-0.15, -0.1) is 0 Å². The van der Waals surface area contributed by atoms with E-state index in [1.54, 1.807) is 0 Å². The van der Waals surface area contributed by atoms with Gasteiger partial charge in [0.2, 0.25) is 5.88 Å². The first-order chi connectivity index (χ1) is 9.61. The van der Waals surface area contributed by atoms with E-state index >= 15 is 0 Å². The van der Waals surface area contributed by atoms with Crippen LogP contribution in [0.15, 0.2) is 30.6 Å². The number of hydrogen-bond acceptors (Lipinski definition) is 5. The molecule has 0 saturated carbocycles. The number of nitrogens with two attached hydrogens (primary N) is 1. The zero-order valence-electron chi connectivity index (χ0n) is 12.1. The summed E-state index contributed by atoms with van der Waals surface area (Å²) < 4.78 is 5.06. The highest BCUT2D eigenvalue weighted by Gasteiger charge is 2.07. The van der Waals surface area contributed by atoms with Crippen LogP contribution in [0.4, 0.5) is 11.5 Å². The maximum Gasteiger partial charge on any atom is 0.242 e. The Labute approximate surface area is 119 Å². The van der Waals surface area contributed by atoms with Crippen LogP contribution in [-0.2, 0) is 6.54 Å². The molecule has 0 radical (unpaired) electrons. The molecule has 0 bridgehead atoms. The summed E-state index contributed by atoms with van der Waals surface area (Å²) in [5.74, 6) is 1.52. The molecular formula is C15H20N4O. The van der Waals surface area contributed by atoms with Gasteiger partial charge in [-0.05, 0) is 17.0 Å². The molecule has 0 atom stereocenters. The average molecular weight is 272 g/mol. The van der Waals surface area contributed by atoms with Crippen LogP contribution in [0.25, 0.3) is 0 Å². The number of methoxy groups -OCH3 is 1. The van der Waals surface area contributed by atoms with Crippen molar-refractivity contribution in [2.24, 2.45) is 0 Å². The molecule has 2 rings (SSSR count). The number of hydrogen-bond donors (Lipinski definition) is 2. The van der Waals surface area contributed by atoms with E-state index in [-0.39, 0.29) is 0 Å². The minimum Gasteiger partial charge on any atom is -0.479 e. The van der Waals surface area contributed by atoms with E-state index in [1.165, 1.54) is 24.6 Å². The lowest BCUT2D eigenvalue weighted by atomic mass is 10.0. The number of benzene rings is 1. The Morgan fingerprint density at radius 1 is 1.20 bits per heavy atom. The van der Waals surface area contributed by atoms with E-state index in [9.17, 15) is 0 Å². The zero-order chi connectivity index (χ0) is 14.5. The molecule has 20 heavy (non-hydrogen) atoms. The summed E-state index contributed by atoms with van der Waals surface area (Å²) in [5.41, 5.74) is 8.84. The first-order valence-corrected chi connectivity index (χ1v) is 6.59. The maximum absolute atomic E-state index is 5.91. The van der Waals surface area contributed by atoms with Crippen LogP contribution < -0.4 is 15.8 Å². The lowest BCUT2D eigenvalue weighted by Gasteiger charge is -2.11. The average Bonchev–Trinajstić information content (AvgIpc) is 2.46. The second-order valence-corrected chi connectivity index (χ2v) is 4.90. The van der Waals surface area contributed by atoms with E-state index in [2.05, 4.69) is 53.4 Å². The molecule has 0 amide bonds. The van der Waals surface area contributed by atoms with Crippen molar-refractivity contribution < 1.29 is 4.74 Å². The zero-order valence-corrected chi connectivity index (χ0v) is 12.1. The number of nitrogens with zero attached hydrogens (tertiary/aromatic N) is 2. The number of aromatic nitrogens is 2. The van der Waals surface area contributed by atoms with Crippen molar-refractivity contribution in [3.63, 3.8) is 0 Å². The maximum atomic E-state index is 5.91. The predicted molar refractivity (Wildman–Crippen MR) is 80.9 cm³/mol. The highest BCUT2D eigenvalue weighted by atomic mass is 16.5. The van der Waals surface area contributed by atoms with Gasteiger partial charge in [0.15, 0.2) is 5.82 Å². The first-order valence-electron chi connectivity index (χ1n) is 6.59. The van der Waals surface area contributed by atoms with Crippen molar-refractivity contribution in [2.45, 2.75) is 26.3 Å². The smallest absolute Gasteiger partial charge is 0.242 e. The third-order valence-electron chi connectivity index (χ3n) is 3.15. The number of rotatable bonds is 5. The minimum absolute atomic E-state index is 0.387. The van der Waals surface area contributed by atoms with Gasteiger partial charge in [-0.3, -0.25) is 0 Å². The normalized spacial score (nSPS) is 10.6. The van der Waals surface area contributed by atoms with Gasteiger partial charge in [-0.25, -0.2) is 4.98 Å². The minimum atomic E-state index is 0.387. The van der Waals surface area contributed by atoms with Crippen LogP contribution in [0.5, 0.6) is 5.88 Å². The molecular weight excluding hydrogens is 252 g/mol. The number of nitrogen functional groups attached to an aromatic ring is 1. The van der Waals surface area contributed by atoms with Gasteiger partial charge >= 0.3 is 0 Å². The van der Waals surface area contributed by atoms with E-state index in [1.807, 2.05) is 0 Å².